The van der Waals surface area contributed by atoms with Crippen LogP contribution in [-0.4, -0.2) is 39.2 Å². The summed E-state index contributed by atoms with van der Waals surface area (Å²) in [4.78, 5) is 11.2. The Morgan fingerprint density at radius 2 is 1.47 bits per heavy atom. The number of aromatic carboxylic acids is 1. The van der Waals surface area contributed by atoms with E-state index < -0.39 is 5.97 Å². The zero-order valence-electron chi connectivity index (χ0n) is 12.0. The number of carbonyl (C=O) groups is 1. The lowest BCUT2D eigenvalue weighted by Crippen LogP contribution is -2.18. The number of phenols is 1. The van der Waals surface area contributed by atoms with Gasteiger partial charge < -0.3 is 10.2 Å². The fraction of sp³-hybridized carbons (Fsp3) is 0.533. The van der Waals surface area contributed by atoms with Crippen LogP contribution in [-0.2, 0) is 10.8 Å². The molecule has 1 rings (SSSR count). The molecular weight excluding hydrogens is 252 g/mol. The maximum Gasteiger partial charge on any atom is 0.339 e. The van der Waals surface area contributed by atoms with E-state index in [2.05, 4.69) is 0 Å². The van der Waals surface area contributed by atoms with Gasteiger partial charge in [0.05, 0.1) is 0 Å². The highest BCUT2D eigenvalue weighted by molar-refractivity contribution is 5.91. The van der Waals surface area contributed by atoms with Crippen LogP contribution in [0, 0.1) is 0 Å². The molecule has 0 atom stereocenters. The molecule has 0 aromatic heterocycles. The minimum Gasteiger partial charge on any atom is -0.507 e. The third kappa shape index (κ3) is 4.11. The molecule has 3 nitrogen and oxygen atoms in total. The van der Waals surface area contributed by atoms with Crippen molar-refractivity contribution in [2.45, 2.75) is 52.4 Å². The van der Waals surface area contributed by atoms with Gasteiger partial charge in [0.1, 0.15) is 11.3 Å². The molecule has 0 amide bonds. The first kappa shape index (κ1) is 18.3. The monoisotopic (exact) mass is 276 g/mol. The number of rotatable bonds is 1. The van der Waals surface area contributed by atoms with Crippen molar-refractivity contribution in [3.8, 4) is 5.75 Å². The fourth-order valence-corrected chi connectivity index (χ4v) is 1.80. The van der Waals surface area contributed by atoms with Gasteiger partial charge in [0, 0.05) is 5.56 Å². The van der Waals surface area contributed by atoms with Crippen LogP contribution in [0.1, 0.15) is 63.0 Å². The second-order valence-corrected chi connectivity index (χ2v) is 6.73. The Labute approximate surface area is 131 Å². The summed E-state index contributed by atoms with van der Waals surface area (Å²) in [5, 5.41) is 19.3. The molecule has 0 heterocycles. The summed E-state index contributed by atoms with van der Waals surface area (Å²) in [5.41, 5.74) is 1.12. The predicted molar refractivity (Wildman–Crippen MR) is 81.0 cm³/mol. The topological polar surface area (TPSA) is 57.5 Å². The summed E-state index contributed by atoms with van der Waals surface area (Å²) in [6.07, 6.45) is 0. The van der Waals surface area contributed by atoms with Crippen molar-refractivity contribution in [1.29, 1.82) is 0 Å². The summed E-state index contributed by atoms with van der Waals surface area (Å²) < 4.78 is 0. The molecule has 19 heavy (non-hydrogen) atoms. The Hall–Kier alpha value is -0.744. The molecule has 0 spiro atoms. The van der Waals surface area contributed by atoms with Crippen molar-refractivity contribution >= 4 is 29.0 Å². The summed E-state index contributed by atoms with van der Waals surface area (Å²) in [7, 11) is 0. The van der Waals surface area contributed by atoms with Crippen molar-refractivity contribution in [2.75, 3.05) is 0 Å². The molecule has 4 heteroatoms. The largest absolute Gasteiger partial charge is 0.507 e. The highest BCUT2D eigenvalue weighted by Crippen LogP contribution is 2.37. The molecule has 0 aliphatic rings. The average molecular weight is 277 g/mol. The smallest absolute Gasteiger partial charge is 0.339 e. The van der Waals surface area contributed by atoms with Gasteiger partial charge in [0.2, 0.25) is 0 Å². The molecule has 0 fully saturated rings. The van der Waals surface area contributed by atoms with E-state index in [0.717, 1.165) is 5.56 Å². The van der Waals surface area contributed by atoms with Crippen LogP contribution in [0.2, 0.25) is 0 Å². The molecule has 0 saturated heterocycles. The van der Waals surface area contributed by atoms with Gasteiger partial charge >= 0.3 is 29.0 Å². The molecule has 0 aliphatic heterocycles. The summed E-state index contributed by atoms with van der Waals surface area (Å²) in [5.74, 6) is -1.22. The average Bonchev–Trinajstić information content (AvgIpc) is 2.13. The van der Waals surface area contributed by atoms with Crippen molar-refractivity contribution in [1.82, 2.24) is 0 Å². The van der Waals surface area contributed by atoms with E-state index >= 15 is 0 Å². The van der Waals surface area contributed by atoms with E-state index in [4.69, 9.17) is 0 Å². The fourth-order valence-electron chi connectivity index (χ4n) is 1.80. The zero-order chi connectivity index (χ0) is 14.3. The van der Waals surface area contributed by atoms with Crippen LogP contribution in [0.5, 0.6) is 5.75 Å². The lowest BCUT2D eigenvalue weighted by molar-refractivity contribution is 0.0693. The third-order valence-corrected chi connectivity index (χ3v) is 3.01. The van der Waals surface area contributed by atoms with Crippen molar-refractivity contribution in [3.63, 3.8) is 0 Å². The number of carboxylic acid groups (broad SMARTS) is 1. The van der Waals surface area contributed by atoms with Gasteiger partial charge in [-0.15, -0.1) is 0 Å². The predicted octanol–water partition coefficient (Wildman–Crippen LogP) is 2.77. The molecule has 1 aromatic rings. The number of benzene rings is 1. The number of hydrogen-bond donors (Lipinski definition) is 2. The van der Waals surface area contributed by atoms with Gasteiger partial charge in [-0.25, -0.2) is 4.79 Å². The van der Waals surface area contributed by atoms with Crippen LogP contribution in [0.3, 0.4) is 0 Å². The Kier molecular flexibility index (Phi) is 5.49. The van der Waals surface area contributed by atoms with Gasteiger partial charge in [0.25, 0.3) is 0 Å². The number of carboxylic acids is 1. The molecule has 1 aromatic carbocycles. The van der Waals surface area contributed by atoms with E-state index in [1.807, 2.05) is 47.6 Å². The highest BCUT2D eigenvalue weighted by atomic mass is 24.3. The van der Waals surface area contributed by atoms with Crippen LogP contribution in [0.15, 0.2) is 12.1 Å². The Balaban J connectivity index is 0.00000324. The van der Waals surface area contributed by atoms with Crippen LogP contribution < -0.4 is 0 Å². The molecule has 0 aliphatic carbocycles. The van der Waals surface area contributed by atoms with E-state index in [1.165, 1.54) is 0 Å². The standard InChI is InChI=1S/C15H22O3.Mg.2H/c1-14(2,3)9-7-10(13(17)18)12(16)11(8-9)15(4,5)6;;;/h7-8,16H,1-6H3,(H,17,18);;;. The first-order chi connectivity index (χ1) is 7.94. The molecule has 0 bridgehead atoms. The van der Waals surface area contributed by atoms with E-state index in [0.29, 0.717) is 5.56 Å². The van der Waals surface area contributed by atoms with Gasteiger partial charge in [-0.2, -0.15) is 0 Å². The van der Waals surface area contributed by atoms with Crippen LogP contribution in [0.4, 0.5) is 0 Å². The molecule has 0 radical (unpaired) electrons. The zero-order valence-corrected chi connectivity index (χ0v) is 12.0. The highest BCUT2D eigenvalue weighted by Gasteiger charge is 2.26. The second-order valence-electron chi connectivity index (χ2n) is 6.73. The van der Waals surface area contributed by atoms with Gasteiger partial charge in [-0.1, -0.05) is 47.6 Å². The first-order valence-corrected chi connectivity index (χ1v) is 6.06. The van der Waals surface area contributed by atoms with Crippen LogP contribution >= 0.6 is 0 Å². The lowest BCUT2D eigenvalue weighted by atomic mass is 9.79. The van der Waals surface area contributed by atoms with E-state index in [-0.39, 0.29) is 45.2 Å². The molecule has 0 unspecified atom stereocenters. The maximum absolute atomic E-state index is 11.2. The second kappa shape index (κ2) is 5.71. The Morgan fingerprint density at radius 1 is 1.00 bits per heavy atom. The quantitative estimate of drug-likeness (QED) is 0.776. The minimum absolute atomic E-state index is 0. The normalized spacial score (nSPS) is 11.9. The van der Waals surface area contributed by atoms with Crippen molar-refractivity contribution in [2.24, 2.45) is 0 Å². The van der Waals surface area contributed by atoms with Gasteiger partial charge in [0.15, 0.2) is 0 Å². The van der Waals surface area contributed by atoms with Gasteiger partial charge in [-0.05, 0) is 22.5 Å². The lowest BCUT2D eigenvalue weighted by Gasteiger charge is -2.26. The Morgan fingerprint density at radius 3 is 1.79 bits per heavy atom. The molecule has 0 saturated carbocycles. The van der Waals surface area contributed by atoms with Gasteiger partial charge in [-0.3, -0.25) is 0 Å². The molecule has 104 valence electrons. The first-order valence-electron chi connectivity index (χ1n) is 6.06. The number of hydrogen-bond acceptors (Lipinski definition) is 2. The summed E-state index contributed by atoms with van der Waals surface area (Å²) in [6.45, 7) is 12.0. The summed E-state index contributed by atoms with van der Waals surface area (Å²) >= 11 is 0. The summed E-state index contributed by atoms with van der Waals surface area (Å²) in [6, 6.07) is 3.47. The molecular formula is C15H24MgO3. The third-order valence-electron chi connectivity index (χ3n) is 3.01. The van der Waals surface area contributed by atoms with E-state index in [1.54, 1.807) is 6.07 Å². The van der Waals surface area contributed by atoms with Crippen molar-refractivity contribution < 1.29 is 15.0 Å². The minimum atomic E-state index is -1.09. The van der Waals surface area contributed by atoms with E-state index in [9.17, 15) is 15.0 Å². The maximum atomic E-state index is 11.2. The Bertz CT molecular complexity index is 479. The van der Waals surface area contributed by atoms with Crippen LogP contribution in [0.25, 0.3) is 0 Å². The SMILES string of the molecule is CC(C)(C)c1cc(C(=O)O)c(O)c(C(C)(C)C)c1.[MgH2]. The molecule has 2 N–H and O–H groups in total. The number of aromatic hydroxyl groups is 1. The van der Waals surface area contributed by atoms with Crippen molar-refractivity contribution in [3.05, 3.63) is 28.8 Å².